The van der Waals surface area contributed by atoms with Crippen LogP contribution in [0.2, 0.25) is 0 Å². The second-order valence-corrected chi connectivity index (χ2v) is 5.42. The Hall–Kier alpha value is -3.36. The molecule has 6 nitrogen and oxygen atoms in total. The van der Waals surface area contributed by atoms with E-state index in [1.165, 1.54) is 18.3 Å². The molecule has 0 saturated carbocycles. The van der Waals surface area contributed by atoms with Gasteiger partial charge in [0.25, 0.3) is 0 Å². The van der Waals surface area contributed by atoms with Crippen molar-refractivity contribution in [3.63, 3.8) is 0 Å². The smallest absolute Gasteiger partial charge is 0.416 e. The first-order valence-corrected chi connectivity index (χ1v) is 8.08. The Morgan fingerprint density at radius 3 is 2.44 bits per heavy atom. The van der Waals surface area contributed by atoms with Crippen LogP contribution in [0.4, 0.5) is 36.3 Å². The largest absolute Gasteiger partial charge is 0.492 e. The molecule has 3 rings (SSSR count). The van der Waals surface area contributed by atoms with Gasteiger partial charge in [-0.15, -0.1) is 5.10 Å². The standard InChI is InChI=1S/C18H16F3N5O/c1-2-27-15-6-4-3-5-14(15)24-16-11-22-26-17(25-16)23-13-9-7-12(8-10-13)18(19,20)21/h3-11H,2H2,1H3,(H2,23,24,25,26). The second-order valence-electron chi connectivity index (χ2n) is 5.42. The van der Waals surface area contributed by atoms with E-state index in [9.17, 15) is 13.2 Å². The Morgan fingerprint density at radius 1 is 1.00 bits per heavy atom. The van der Waals surface area contributed by atoms with E-state index in [0.717, 1.165) is 12.1 Å². The minimum Gasteiger partial charge on any atom is -0.492 e. The van der Waals surface area contributed by atoms with Crippen molar-refractivity contribution in [1.29, 1.82) is 0 Å². The fraction of sp³-hybridized carbons (Fsp3) is 0.167. The molecule has 0 aliphatic rings. The molecule has 0 aliphatic carbocycles. The summed E-state index contributed by atoms with van der Waals surface area (Å²) >= 11 is 0. The number of nitrogens with one attached hydrogen (secondary N) is 2. The van der Waals surface area contributed by atoms with Gasteiger partial charge in [-0.1, -0.05) is 12.1 Å². The Balaban J connectivity index is 1.74. The summed E-state index contributed by atoms with van der Waals surface area (Å²) in [7, 11) is 0. The maximum atomic E-state index is 12.6. The lowest BCUT2D eigenvalue weighted by atomic mass is 10.2. The lowest BCUT2D eigenvalue weighted by Crippen LogP contribution is -2.05. The van der Waals surface area contributed by atoms with Crippen molar-refractivity contribution < 1.29 is 17.9 Å². The molecule has 0 saturated heterocycles. The number of anilines is 4. The first kappa shape index (κ1) is 18.4. The predicted molar refractivity (Wildman–Crippen MR) is 95.4 cm³/mol. The first-order chi connectivity index (χ1) is 13.0. The summed E-state index contributed by atoms with van der Waals surface area (Å²) in [5.74, 6) is 1.22. The minimum absolute atomic E-state index is 0.147. The minimum atomic E-state index is -4.38. The van der Waals surface area contributed by atoms with Gasteiger partial charge < -0.3 is 15.4 Å². The third kappa shape index (κ3) is 4.84. The van der Waals surface area contributed by atoms with E-state index in [1.54, 1.807) is 0 Å². The molecule has 0 bridgehead atoms. The van der Waals surface area contributed by atoms with E-state index >= 15 is 0 Å². The lowest BCUT2D eigenvalue weighted by Gasteiger charge is -2.12. The van der Waals surface area contributed by atoms with Crippen LogP contribution in [0.15, 0.2) is 54.7 Å². The van der Waals surface area contributed by atoms with Gasteiger partial charge in [0.1, 0.15) is 5.75 Å². The fourth-order valence-electron chi connectivity index (χ4n) is 2.28. The summed E-state index contributed by atoms with van der Waals surface area (Å²) in [6.07, 6.45) is -2.95. The van der Waals surface area contributed by atoms with Gasteiger partial charge in [0.15, 0.2) is 5.82 Å². The van der Waals surface area contributed by atoms with Gasteiger partial charge in [-0.25, -0.2) is 0 Å². The molecule has 0 radical (unpaired) electrons. The van der Waals surface area contributed by atoms with E-state index in [2.05, 4.69) is 25.8 Å². The molecule has 0 atom stereocenters. The summed E-state index contributed by atoms with van der Waals surface area (Å²) in [6.45, 7) is 2.40. The van der Waals surface area contributed by atoms with Gasteiger partial charge in [-0.3, -0.25) is 0 Å². The summed E-state index contributed by atoms with van der Waals surface area (Å²) in [6, 6.07) is 11.9. The molecule has 0 amide bonds. The van der Waals surface area contributed by atoms with Crippen LogP contribution in [0.1, 0.15) is 12.5 Å². The van der Waals surface area contributed by atoms with E-state index in [0.29, 0.717) is 29.5 Å². The molecule has 0 unspecified atom stereocenters. The zero-order valence-electron chi connectivity index (χ0n) is 14.3. The number of ether oxygens (including phenoxy) is 1. The van der Waals surface area contributed by atoms with E-state index < -0.39 is 11.7 Å². The zero-order chi connectivity index (χ0) is 19.3. The molecule has 1 aromatic heterocycles. The van der Waals surface area contributed by atoms with E-state index in [4.69, 9.17) is 4.74 Å². The van der Waals surface area contributed by atoms with Crippen LogP contribution in [0.3, 0.4) is 0 Å². The topological polar surface area (TPSA) is 72.0 Å². The van der Waals surface area contributed by atoms with Crippen LogP contribution in [-0.2, 0) is 6.18 Å². The molecule has 0 spiro atoms. The Morgan fingerprint density at radius 2 is 1.74 bits per heavy atom. The normalized spacial score (nSPS) is 11.1. The number of nitrogens with zero attached hydrogens (tertiary/aromatic N) is 3. The quantitative estimate of drug-likeness (QED) is 0.646. The van der Waals surface area contributed by atoms with Gasteiger partial charge in [0.05, 0.1) is 24.1 Å². The molecule has 1 heterocycles. The number of alkyl halides is 3. The monoisotopic (exact) mass is 375 g/mol. The van der Waals surface area contributed by atoms with Gasteiger partial charge in [-0.05, 0) is 43.3 Å². The average molecular weight is 375 g/mol. The highest BCUT2D eigenvalue weighted by Crippen LogP contribution is 2.30. The van der Waals surface area contributed by atoms with Crippen molar-refractivity contribution in [2.45, 2.75) is 13.1 Å². The summed E-state index contributed by atoms with van der Waals surface area (Å²) in [5.41, 5.74) is 0.395. The highest BCUT2D eigenvalue weighted by atomic mass is 19.4. The Kier molecular flexibility index (Phi) is 5.39. The number of hydrogen-bond donors (Lipinski definition) is 2. The molecule has 2 aromatic carbocycles. The molecule has 9 heteroatoms. The maximum absolute atomic E-state index is 12.6. The fourth-order valence-corrected chi connectivity index (χ4v) is 2.28. The van der Waals surface area contributed by atoms with Crippen LogP contribution in [0.25, 0.3) is 0 Å². The van der Waals surface area contributed by atoms with Crippen LogP contribution < -0.4 is 15.4 Å². The van der Waals surface area contributed by atoms with Crippen molar-refractivity contribution in [2.75, 3.05) is 17.2 Å². The molecule has 0 aliphatic heterocycles. The van der Waals surface area contributed by atoms with Crippen molar-refractivity contribution in [3.05, 3.63) is 60.3 Å². The number of aromatic nitrogens is 3. The Bertz CT molecular complexity index is 900. The summed E-state index contributed by atoms with van der Waals surface area (Å²) in [5, 5.41) is 13.6. The number of para-hydroxylation sites is 2. The van der Waals surface area contributed by atoms with Crippen molar-refractivity contribution in [1.82, 2.24) is 15.2 Å². The highest BCUT2D eigenvalue weighted by molar-refractivity contribution is 5.64. The molecule has 27 heavy (non-hydrogen) atoms. The van der Waals surface area contributed by atoms with Crippen molar-refractivity contribution in [2.24, 2.45) is 0 Å². The van der Waals surface area contributed by atoms with Gasteiger partial charge >= 0.3 is 6.18 Å². The van der Waals surface area contributed by atoms with Crippen molar-refractivity contribution >= 4 is 23.1 Å². The van der Waals surface area contributed by atoms with Crippen LogP contribution in [0, 0.1) is 0 Å². The third-order valence-corrected chi connectivity index (χ3v) is 3.48. The summed E-state index contributed by atoms with van der Waals surface area (Å²) < 4.78 is 43.4. The number of halogens is 3. The lowest BCUT2D eigenvalue weighted by molar-refractivity contribution is -0.137. The van der Waals surface area contributed by atoms with Gasteiger partial charge in [0.2, 0.25) is 5.95 Å². The first-order valence-electron chi connectivity index (χ1n) is 8.08. The molecule has 140 valence electrons. The third-order valence-electron chi connectivity index (χ3n) is 3.48. The van der Waals surface area contributed by atoms with E-state index in [1.807, 2.05) is 31.2 Å². The zero-order valence-corrected chi connectivity index (χ0v) is 14.3. The molecule has 3 aromatic rings. The maximum Gasteiger partial charge on any atom is 0.416 e. The number of rotatable bonds is 6. The van der Waals surface area contributed by atoms with Crippen LogP contribution in [0.5, 0.6) is 5.75 Å². The number of benzene rings is 2. The molecule has 0 fully saturated rings. The number of hydrogen-bond acceptors (Lipinski definition) is 6. The highest BCUT2D eigenvalue weighted by Gasteiger charge is 2.29. The van der Waals surface area contributed by atoms with Gasteiger partial charge in [0, 0.05) is 5.69 Å². The second kappa shape index (κ2) is 7.90. The summed E-state index contributed by atoms with van der Waals surface area (Å²) in [4.78, 5) is 4.26. The van der Waals surface area contributed by atoms with Crippen LogP contribution >= 0.6 is 0 Å². The SMILES string of the molecule is CCOc1ccccc1Nc1cnnc(Nc2ccc(C(F)(F)F)cc2)n1. The molecule has 2 N–H and O–H groups in total. The molecular formula is C18H16F3N5O. The van der Waals surface area contributed by atoms with Crippen molar-refractivity contribution in [3.8, 4) is 5.75 Å². The average Bonchev–Trinajstić information content (AvgIpc) is 2.64. The molecular weight excluding hydrogens is 359 g/mol. The van der Waals surface area contributed by atoms with Crippen LogP contribution in [-0.4, -0.2) is 21.8 Å². The van der Waals surface area contributed by atoms with E-state index in [-0.39, 0.29) is 5.95 Å². The Labute approximate surface area is 153 Å². The van der Waals surface area contributed by atoms with Gasteiger partial charge in [-0.2, -0.15) is 23.3 Å². The predicted octanol–water partition coefficient (Wildman–Crippen LogP) is 4.78.